The molecule has 0 aliphatic heterocycles. The molecule has 16 heavy (non-hydrogen) atoms. The lowest BCUT2D eigenvalue weighted by Gasteiger charge is -2.25. The molecule has 0 bridgehead atoms. The third-order valence-electron chi connectivity index (χ3n) is 2.91. The van der Waals surface area contributed by atoms with Crippen LogP contribution in [0.4, 0.5) is 0 Å². The monoisotopic (exact) mass is 227 g/mol. The minimum Gasteiger partial charge on any atom is -0.481 e. The van der Waals surface area contributed by atoms with Gasteiger partial charge in [0, 0.05) is 20.0 Å². The first-order valence-corrected chi connectivity index (χ1v) is 5.76. The molecule has 1 aliphatic carbocycles. The molecule has 4 heteroatoms. The van der Waals surface area contributed by atoms with Crippen molar-refractivity contribution in [3.05, 3.63) is 0 Å². The molecule has 0 unspecified atom stereocenters. The van der Waals surface area contributed by atoms with E-state index in [1.54, 1.807) is 11.9 Å². The SMILES string of the molecule is CN(CC1CC1)C(=O)CC(C)(C)CC(=O)O. The van der Waals surface area contributed by atoms with Crippen molar-refractivity contribution in [3.63, 3.8) is 0 Å². The molecule has 1 rings (SSSR count). The van der Waals surface area contributed by atoms with E-state index in [2.05, 4.69) is 0 Å². The Morgan fingerprint density at radius 2 is 1.88 bits per heavy atom. The van der Waals surface area contributed by atoms with Crippen molar-refractivity contribution in [2.75, 3.05) is 13.6 Å². The van der Waals surface area contributed by atoms with Crippen LogP contribution in [-0.2, 0) is 9.59 Å². The van der Waals surface area contributed by atoms with E-state index in [-0.39, 0.29) is 12.3 Å². The highest BCUT2D eigenvalue weighted by molar-refractivity contribution is 5.77. The van der Waals surface area contributed by atoms with Gasteiger partial charge >= 0.3 is 5.97 Å². The van der Waals surface area contributed by atoms with Gasteiger partial charge in [-0.2, -0.15) is 0 Å². The first kappa shape index (κ1) is 13.0. The quantitative estimate of drug-likeness (QED) is 0.752. The van der Waals surface area contributed by atoms with E-state index in [0.29, 0.717) is 12.3 Å². The molecule has 0 aromatic carbocycles. The molecule has 1 saturated carbocycles. The zero-order chi connectivity index (χ0) is 12.3. The predicted octanol–water partition coefficient (Wildman–Crippen LogP) is 1.75. The van der Waals surface area contributed by atoms with E-state index < -0.39 is 11.4 Å². The predicted molar refractivity (Wildman–Crippen MR) is 61.0 cm³/mol. The minimum atomic E-state index is -0.845. The summed E-state index contributed by atoms with van der Waals surface area (Å²) < 4.78 is 0. The highest BCUT2D eigenvalue weighted by Crippen LogP contribution is 2.31. The van der Waals surface area contributed by atoms with Crippen LogP contribution in [0.1, 0.15) is 39.5 Å². The lowest BCUT2D eigenvalue weighted by molar-refractivity contribution is -0.140. The minimum absolute atomic E-state index is 0.0377. The lowest BCUT2D eigenvalue weighted by atomic mass is 9.85. The van der Waals surface area contributed by atoms with Crippen LogP contribution in [-0.4, -0.2) is 35.5 Å². The summed E-state index contributed by atoms with van der Waals surface area (Å²) in [6.45, 7) is 4.47. The molecule has 1 fully saturated rings. The van der Waals surface area contributed by atoms with Crippen LogP contribution in [0, 0.1) is 11.3 Å². The maximum absolute atomic E-state index is 11.8. The zero-order valence-electron chi connectivity index (χ0n) is 10.3. The third-order valence-corrected chi connectivity index (χ3v) is 2.91. The van der Waals surface area contributed by atoms with Crippen LogP contribution < -0.4 is 0 Å². The molecule has 0 atom stereocenters. The Hall–Kier alpha value is -1.06. The molecule has 0 aromatic rings. The summed E-state index contributed by atoms with van der Waals surface area (Å²) in [5.41, 5.74) is -0.458. The van der Waals surface area contributed by atoms with Crippen LogP contribution in [0.15, 0.2) is 0 Å². The summed E-state index contributed by atoms with van der Waals surface area (Å²) in [7, 11) is 1.80. The first-order chi connectivity index (χ1) is 7.30. The molecule has 1 aliphatic rings. The van der Waals surface area contributed by atoms with Gasteiger partial charge in [0.1, 0.15) is 0 Å². The number of hydrogen-bond acceptors (Lipinski definition) is 2. The summed E-state index contributed by atoms with van der Waals surface area (Å²) in [6, 6.07) is 0. The number of amides is 1. The van der Waals surface area contributed by atoms with Gasteiger partial charge in [-0.05, 0) is 24.2 Å². The van der Waals surface area contributed by atoms with Crippen LogP contribution >= 0.6 is 0 Å². The molecule has 1 N–H and O–H groups in total. The smallest absolute Gasteiger partial charge is 0.303 e. The molecular formula is C12H21NO3. The van der Waals surface area contributed by atoms with Crippen LogP contribution in [0.25, 0.3) is 0 Å². The number of carboxylic acids is 1. The fourth-order valence-corrected chi connectivity index (χ4v) is 1.81. The summed E-state index contributed by atoms with van der Waals surface area (Å²) in [5, 5.41) is 8.73. The Bertz CT molecular complexity index is 282. The number of aliphatic carboxylic acids is 1. The van der Waals surface area contributed by atoms with E-state index in [4.69, 9.17) is 5.11 Å². The number of nitrogens with zero attached hydrogens (tertiary/aromatic N) is 1. The highest BCUT2D eigenvalue weighted by Gasteiger charge is 2.29. The average molecular weight is 227 g/mol. The first-order valence-electron chi connectivity index (χ1n) is 5.76. The molecule has 0 spiro atoms. The Kier molecular flexibility index (Phi) is 3.94. The number of carboxylic acid groups (broad SMARTS) is 1. The van der Waals surface area contributed by atoms with Crippen molar-refractivity contribution in [2.45, 2.75) is 39.5 Å². The van der Waals surface area contributed by atoms with E-state index >= 15 is 0 Å². The van der Waals surface area contributed by atoms with Crippen molar-refractivity contribution in [1.29, 1.82) is 0 Å². The Morgan fingerprint density at radius 1 is 1.31 bits per heavy atom. The van der Waals surface area contributed by atoms with Crippen LogP contribution in [0.2, 0.25) is 0 Å². The van der Waals surface area contributed by atoms with Gasteiger partial charge in [0.15, 0.2) is 0 Å². The zero-order valence-corrected chi connectivity index (χ0v) is 10.3. The van der Waals surface area contributed by atoms with Crippen LogP contribution in [0.3, 0.4) is 0 Å². The van der Waals surface area contributed by atoms with Crippen molar-refractivity contribution < 1.29 is 14.7 Å². The molecule has 4 nitrogen and oxygen atoms in total. The molecule has 1 amide bonds. The molecular weight excluding hydrogens is 206 g/mol. The summed E-state index contributed by atoms with van der Waals surface area (Å²) >= 11 is 0. The molecule has 0 heterocycles. The van der Waals surface area contributed by atoms with Gasteiger partial charge in [-0.1, -0.05) is 13.8 Å². The van der Waals surface area contributed by atoms with Gasteiger partial charge in [0.2, 0.25) is 5.91 Å². The largest absolute Gasteiger partial charge is 0.481 e. The fourth-order valence-electron chi connectivity index (χ4n) is 1.81. The van der Waals surface area contributed by atoms with Gasteiger partial charge in [0.25, 0.3) is 0 Å². The molecule has 92 valence electrons. The second kappa shape index (κ2) is 4.85. The number of rotatable bonds is 6. The van der Waals surface area contributed by atoms with Gasteiger partial charge in [-0.25, -0.2) is 0 Å². The Morgan fingerprint density at radius 3 is 2.31 bits per heavy atom. The number of carbonyl (C=O) groups is 2. The van der Waals surface area contributed by atoms with E-state index in [1.807, 2.05) is 13.8 Å². The third kappa shape index (κ3) is 4.64. The van der Waals surface area contributed by atoms with E-state index in [1.165, 1.54) is 12.8 Å². The Labute approximate surface area is 96.6 Å². The van der Waals surface area contributed by atoms with Gasteiger partial charge in [-0.3, -0.25) is 9.59 Å². The summed E-state index contributed by atoms with van der Waals surface area (Å²) in [6.07, 6.45) is 2.78. The standard InChI is InChI=1S/C12H21NO3/c1-12(2,7-11(15)16)6-10(14)13(3)8-9-4-5-9/h9H,4-8H2,1-3H3,(H,15,16). The average Bonchev–Trinajstić information content (AvgIpc) is 2.84. The topological polar surface area (TPSA) is 57.6 Å². The molecule has 0 radical (unpaired) electrons. The molecule has 0 aromatic heterocycles. The Balaban J connectivity index is 2.38. The summed E-state index contributed by atoms with van der Waals surface area (Å²) in [4.78, 5) is 24.2. The summed E-state index contributed by atoms with van der Waals surface area (Å²) in [5.74, 6) is -0.114. The van der Waals surface area contributed by atoms with E-state index in [0.717, 1.165) is 6.54 Å². The van der Waals surface area contributed by atoms with Crippen molar-refractivity contribution in [1.82, 2.24) is 4.90 Å². The normalized spacial score (nSPS) is 15.9. The molecule has 0 saturated heterocycles. The lowest BCUT2D eigenvalue weighted by Crippen LogP contribution is -2.33. The second-order valence-corrected chi connectivity index (χ2v) is 5.63. The van der Waals surface area contributed by atoms with Crippen molar-refractivity contribution in [2.24, 2.45) is 11.3 Å². The maximum Gasteiger partial charge on any atom is 0.303 e. The van der Waals surface area contributed by atoms with Gasteiger partial charge in [0.05, 0.1) is 6.42 Å². The fraction of sp³-hybridized carbons (Fsp3) is 0.833. The van der Waals surface area contributed by atoms with Crippen molar-refractivity contribution in [3.8, 4) is 0 Å². The van der Waals surface area contributed by atoms with Gasteiger partial charge in [-0.15, -0.1) is 0 Å². The highest BCUT2D eigenvalue weighted by atomic mass is 16.4. The number of carbonyl (C=O) groups excluding carboxylic acids is 1. The van der Waals surface area contributed by atoms with Gasteiger partial charge < -0.3 is 10.0 Å². The number of hydrogen-bond donors (Lipinski definition) is 1. The van der Waals surface area contributed by atoms with E-state index in [9.17, 15) is 9.59 Å². The van der Waals surface area contributed by atoms with Crippen LogP contribution in [0.5, 0.6) is 0 Å². The van der Waals surface area contributed by atoms with Crippen molar-refractivity contribution >= 4 is 11.9 Å². The maximum atomic E-state index is 11.8. The second-order valence-electron chi connectivity index (χ2n) is 5.63.